The van der Waals surface area contributed by atoms with Crippen molar-refractivity contribution in [1.82, 2.24) is 25.5 Å². The number of nitrogens with one attached hydrogen (secondary N) is 5. The Labute approximate surface area is 427 Å². The summed E-state index contributed by atoms with van der Waals surface area (Å²) in [5.74, 6) is -0.0618. The van der Waals surface area contributed by atoms with E-state index < -0.39 is 23.4 Å². The summed E-state index contributed by atoms with van der Waals surface area (Å²) in [6, 6.07) is 42.2. The lowest BCUT2D eigenvalue weighted by atomic mass is 9.88. The van der Waals surface area contributed by atoms with Gasteiger partial charge in [0.05, 0.1) is 44.7 Å². The van der Waals surface area contributed by atoms with Gasteiger partial charge in [0.25, 0.3) is 0 Å². The van der Waals surface area contributed by atoms with E-state index in [-0.39, 0.29) is 49.1 Å². The third-order valence-electron chi connectivity index (χ3n) is 11.4. The number of aromatic amines is 1. The number of ether oxygens (including phenoxy) is 4. The van der Waals surface area contributed by atoms with Gasteiger partial charge in [-0.25, -0.2) is 13.8 Å². The molecule has 1 aliphatic rings. The molecular formula is C57H57F2N7O8. The van der Waals surface area contributed by atoms with Gasteiger partial charge in [-0.2, -0.15) is 0 Å². The highest BCUT2D eigenvalue weighted by atomic mass is 19.1. The third kappa shape index (κ3) is 16.8. The summed E-state index contributed by atoms with van der Waals surface area (Å²) in [6.45, 7) is 5.72. The molecule has 1 aromatic heterocycles. The summed E-state index contributed by atoms with van der Waals surface area (Å²) < 4.78 is 49.1. The number of hydrogen-bond donors (Lipinski definition) is 5. The molecule has 0 radical (unpaired) electrons. The molecular weight excluding hydrogens is 949 g/mol. The average molecular weight is 1010 g/mol. The fourth-order valence-electron chi connectivity index (χ4n) is 7.20. The molecule has 5 N–H and O–H groups in total. The Morgan fingerprint density at radius 2 is 1.01 bits per heavy atom. The molecule has 0 bridgehead atoms. The Hall–Kier alpha value is -8.51. The van der Waals surface area contributed by atoms with E-state index in [9.17, 15) is 28.0 Å². The summed E-state index contributed by atoms with van der Waals surface area (Å²) >= 11 is 0. The molecule has 0 spiro atoms. The summed E-state index contributed by atoms with van der Waals surface area (Å²) in [4.78, 5) is 60.9. The van der Waals surface area contributed by atoms with E-state index >= 15 is 0 Å². The van der Waals surface area contributed by atoms with E-state index in [1.165, 1.54) is 54.9 Å². The first kappa shape index (κ1) is 53.3. The zero-order valence-corrected chi connectivity index (χ0v) is 40.8. The zero-order chi connectivity index (χ0) is 52.1. The minimum absolute atomic E-state index is 0.0243. The molecule has 6 aromatic carbocycles. The quantitative estimate of drug-likeness (QED) is 0.0411. The lowest BCUT2D eigenvalue weighted by Gasteiger charge is -2.26. The molecule has 2 heterocycles. The van der Waals surface area contributed by atoms with Gasteiger partial charge in [0.1, 0.15) is 46.7 Å². The number of aromatic nitrogens is 2. The first-order chi connectivity index (χ1) is 35.9. The van der Waals surface area contributed by atoms with Crippen molar-refractivity contribution in [2.45, 2.75) is 44.6 Å². The van der Waals surface area contributed by atoms with Crippen LogP contribution in [0.2, 0.25) is 0 Å². The fraction of sp³-hybridized carbons (Fsp3) is 0.211. The highest BCUT2D eigenvalue weighted by Crippen LogP contribution is 2.26. The molecule has 17 heteroatoms. The maximum atomic E-state index is 13.2. The Morgan fingerprint density at radius 3 is 1.43 bits per heavy atom. The van der Waals surface area contributed by atoms with E-state index in [2.05, 4.69) is 31.2 Å². The average Bonchev–Trinajstić information content (AvgIpc) is 4.16. The van der Waals surface area contributed by atoms with Crippen molar-refractivity contribution in [1.29, 1.82) is 0 Å². The van der Waals surface area contributed by atoms with Crippen LogP contribution in [0.4, 0.5) is 20.2 Å². The number of carbonyl (C=O) groups is 4. The van der Waals surface area contributed by atoms with Gasteiger partial charge in [-0.1, -0.05) is 72.8 Å². The van der Waals surface area contributed by atoms with Crippen LogP contribution in [0.25, 0.3) is 0 Å². The van der Waals surface area contributed by atoms with Gasteiger partial charge < -0.3 is 45.2 Å². The summed E-state index contributed by atoms with van der Waals surface area (Å²) in [5.41, 5.74) is 2.65. The second-order valence-electron chi connectivity index (χ2n) is 17.5. The Balaban J connectivity index is 0.000000217. The Morgan fingerprint density at radius 1 is 0.595 bits per heavy atom. The van der Waals surface area contributed by atoms with Crippen molar-refractivity contribution in [3.63, 3.8) is 0 Å². The smallest absolute Gasteiger partial charge is 0.249 e. The van der Waals surface area contributed by atoms with Crippen molar-refractivity contribution in [2.24, 2.45) is 0 Å². The lowest BCUT2D eigenvalue weighted by Crippen LogP contribution is -2.52. The van der Waals surface area contributed by atoms with Crippen molar-refractivity contribution in [2.75, 3.05) is 43.5 Å². The van der Waals surface area contributed by atoms with Crippen LogP contribution in [0.1, 0.15) is 30.7 Å². The SMILES string of the molecule is CC(C)(C(=O)N[C@@H](COCc1ccccc1)C(=O)Nc1ccc(Oc2ccc(F)cc2)cc1)c1cnc[nH]1.O=C(CN1CC=CC1)N[C@@H](COCc1ccccc1)C(=O)Nc1ccc(Oc2ccc(F)cc2)cc1. The molecule has 2 atom stereocenters. The third-order valence-corrected chi connectivity index (χ3v) is 11.4. The lowest BCUT2D eigenvalue weighted by molar-refractivity contribution is -0.131. The standard InChI is InChI=1S/C29H29FN4O4.C28H28FN3O4/c1-29(2,26-16-31-19-32-26)28(36)34-25(18-37-17-20-6-4-3-5-7-20)27(35)33-22-10-14-24(15-11-22)38-23-12-8-21(30)9-13-23;29-22-8-12-24(13-9-22)36-25-14-10-23(11-15-25)30-28(34)26(20-35-19-21-6-2-1-3-7-21)31-27(33)18-32-16-4-5-17-32/h3-16,19,25H,17-18H2,1-2H3,(H,31,32)(H,33,35)(H,34,36);1-15,26H,16-20H2,(H,30,34)(H,31,33)/t25-;26-/m00/s1. The minimum atomic E-state index is -0.955. The van der Waals surface area contributed by atoms with Gasteiger partial charge in [-0.05, 0) is 122 Å². The van der Waals surface area contributed by atoms with Crippen LogP contribution in [-0.2, 0) is 47.3 Å². The van der Waals surface area contributed by atoms with Crippen LogP contribution in [0.5, 0.6) is 23.0 Å². The number of rotatable bonds is 22. The molecule has 0 aliphatic carbocycles. The Kier molecular flexibility index (Phi) is 19.3. The van der Waals surface area contributed by atoms with E-state index in [0.29, 0.717) is 66.4 Å². The van der Waals surface area contributed by atoms with Gasteiger partial charge in [-0.3, -0.25) is 24.1 Å². The molecule has 1 aliphatic heterocycles. The summed E-state index contributed by atoms with van der Waals surface area (Å²) in [6.07, 6.45) is 7.09. The molecule has 74 heavy (non-hydrogen) atoms. The molecule has 7 aromatic rings. The van der Waals surface area contributed by atoms with E-state index in [1.54, 1.807) is 68.6 Å². The predicted molar refractivity (Wildman–Crippen MR) is 276 cm³/mol. The highest BCUT2D eigenvalue weighted by Gasteiger charge is 2.34. The molecule has 4 amide bonds. The molecule has 15 nitrogen and oxygen atoms in total. The minimum Gasteiger partial charge on any atom is -0.457 e. The molecule has 0 saturated carbocycles. The second kappa shape index (κ2) is 26.8. The van der Waals surface area contributed by atoms with Crippen LogP contribution >= 0.6 is 0 Å². The van der Waals surface area contributed by atoms with E-state index in [1.807, 2.05) is 77.7 Å². The number of carbonyl (C=O) groups excluding carboxylic acids is 4. The van der Waals surface area contributed by atoms with Gasteiger partial charge in [0.15, 0.2) is 0 Å². The van der Waals surface area contributed by atoms with Gasteiger partial charge >= 0.3 is 0 Å². The normalized spacial score (nSPS) is 12.9. The molecule has 0 fully saturated rings. The topological polar surface area (TPSA) is 185 Å². The number of nitrogens with zero attached hydrogens (tertiary/aromatic N) is 2. The first-order valence-electron chi connectivity index (χ1n) is 23.7. The molecule has 0 unspecified atom stereocenters. The maximum Gasteiger partial charge on any atom is 0.249 e. The van der Waals surface area contributed by atoms with Crippen molar-refractivity contribution in [3.05, 3.63) is 211 Å². The van der Waals surface area contributed by atoms with Gasteiger partial charge in [0.2, 0.25) is 23.6 Å². The van der Waals surface area contributed by atoms with Gasteiger partial charge in [-0.15, -0.1) is 0 Å². The van der Waals surface area contributed by atoms with Crippen molar-refractivity contribution < 1.29 is 46.9 Å². The Bertz CT molecular complexity index is 2880. The number of hydrogen-bond acceptors (Lipinski definition) is 10. The first-order valence-corrected chi connectivity index (χ1v) is 23.7. The van der Waals surface area contributed by atoms with Gasteiger partial charge in [0, 0.05) is 36.4 Å². The van der Waals surface area contributed by atoms with Crippen LogP contribution in [0.15, 0.2) is 182 Å². The van der Waals surface area contributed by atoms with Crippen LogP contribution < -0.4 is 30.7 Å². The van der Waals surface area contributed by atoms with E-state index in [4.69, 9.17) is 18.9 Å². The number of halogens is 2. The number of amides is 4. The molecule has 8 rings (SSSR count). The largest absolute Gasteiger partial charge is 0.457 e. The van der Waals surface area contributed by atoms with Crippen LogP contribution in [0.3, 0.4) is 0 Å². The summed E-state index contributed by atoms with van der Waals surface area (Å²) in [5, 5.41) is 11.3. The zero-order valence-electron chi connectivity index (χ0n) is 40.8. The van der Waals surface area contributed by atoms with Crippen molar-refractivity contribution in [3.8, 4) is 23.0 Å². The number of H-pyrrole nitrogens is 1. The summed E-state index contributed by atoms with van der Waals surface area (Å²) in [7, 11) is 0. The van der Waals surface area contributed by atoms with Crippen LogP contribution in [-0.4, -0.2) is 83.4 Å². The number of benzene rings is 6. The van der Waals surface area contributed by atoms with E-state index in [0.717, 1.165) is 11.1 Å². The molecule has 0 saturated heterocycles. The number of imidazole rings is 1. The molecule has 382 valence electrons. The second-order valence-corrected chi connectivity index (χ2v) is 17.5. The predicted octanol–water partition coefficient (Wildman–Crippen LogP) is 9.09. The highest BCUT2D eigenvalue weighted by molar-refractivity contribution is 5.99. The van der Waals surface area contributed by atoms with Crippen LogP contribution in [0, 0.1) is 11.6 Å². The van der Waals surface area contributed by atoms with Crippen molar-refractivity contribution >= 4 is 35.0 Å². The number of anilines is 2. The maximum absolute atomic E-state index is 13.2. The monoisotopic (exact) mass is 1010 g/mol. The fourth-order valence-corrected chi connectivity index (χ4v) is 7.20.